The van der Waals surface area contributed by atoms with Crippen molar-refractivity contribution in [1.82, 2.24) is 4.90 Å². The van der Waals surface area contributed by atoms with Crippen LogP contribution < -0.4 is 10.6 Å². The van der Waals surface area contributed by atoms with Crippen molar-refractivity contribution in [3.63, 3.8) is 0 Å². The Bertz CT molecular complexity index is 682. The van der Waals surface area contributed by atoms with E-state index in [9.17, 15) is 4.79 Å². The number of amides is 1. The van der Waals surface area contributed by atoms with Crippen molar-refractivity contribution in [2.75, 3.05) is 23.7 Å². The van der Waals surface area contributed by atoms with Gasteiger partial charge in [-0.2, -0.15) is 0 Å². The Morgan fingerprint density at radius 2 is 1.50 bits per heavy atom. The standard InChI is InChI=1S/C25H41N3O2.C2H6/c1-24(2,3)30-23(29)27-22-13-9-8-12-21(22)26-20-14-18-28(19-15-20)25(4)16-10-6-5-7-11-17-25;1-2/h8-9,12-13,20,26H,5-7,10-11,14-19H2,1-4H3,(H,27,29);1-2H3. The fourth-order valence-corrected chi connectivity index (χ4v) is 4.90. The molecular formula is C27H47N3O2. The minimum Gasteiger partial charge on any atom is -0.444 e. The number of hydrogen-bond acceptors (Lipinski definition) is 4. The van der Waals surface area contributed by atoms with Crippen LogP contribution in [0.2, 0.25) is 0 Å². The summed E-state index contributed by atoms with van der Waals surface area (Å²) in [6, 6.07) is 8.34. The number of carbonyl (C=O) groups excluding carboxylic acids is 1. The van der Waals surface area contributed by atoms with E-state index >= 15 is 0 Å². The third-order valence-electron chi connectivity index (χ3n) is 6.61. The van der Waals surface area contributed by atoms with Gasteiger partial charge < -0.3 is 10.1 Å². The molecule has 0 radical (unpaired) electrons. The zero-order valence-corrected chi connectivity index (χ0v) is 21.4. The predicted octanol–water partition coefficient (Wildman–Crippen LogP) is 7.44. The van der Waals surface area contributed by atoms with Gasteiger partial charge in [-0.1, -0.05) is 58.1 Å². The molecule has 2 N–H and O–H groups in total. The Kier molecular flexibility index (Phi) is 10.3. The number of rotatable bonds is 4. The Hall–Kier alpha value is -1.75. The van der Waals surface area contributed by atoms with Crippen molar-refractivity contribution in [2.24, 2.45) is 0 Å². The summed E-state index contributed by atoms with van der Waals surface area (Å²) >= 11 is 0. The second-order valence-corrected chi connectivity index (χ2v) is 10.3. The molecule has 1 amide bonds. The molecule has 1 saturated heterocycles. The van der Waals surface area contributed by atoms with Gasteiger partial charge in [0, 0.05) is 24.7 Å². The summed E-state index contributed by atoms with van der Waals surface area (Å²) in [4.78, 5) is 15.0. The monoisotopic (exact) mass is 445 g/mol. The normalized spacial score (nSPS) is 20.2. The first-order valence-electron chi connectivity index (χ1n) is 12.9. The van der Waals surface area contributed by atoms with Gasteiger partial charge >= 0.3 is 6.09 Å². The Morgan fingerprint density at radius 1 is 0.969 bits per heavy atom. The molecule has 3 rings (SSSR count). The molecule has 5 nitrogen and oxygen atoms in total. The van der Waals surface area contributed by atoms with E-state index in [2.05, 4.69) is 22.5 Å². The van der Waals surface area contributed by atoms with Crippen LogP contribution in [0.15, 0.2) is 24.3 Å². The molecule has 0 aromatic heterocycles. The maximum atomic E-state index is 12.2. The average Bonchev–Trinajstić information content (AvgIpc) is 2.73. The largest absolute Gasteiger partial charge is 0.444 e. The number of ether oxygens (including phenoxy) is 1. The van der Waals surface area contributed by atoms with Gasteiger partial charge in [0.2, 0.25) is 0 Å². The summed E-state index contributed by atoms with van der Waals surface area (Å²) in [6.07, 6.45) is 11.5. The summed E-state index contributed by atoms with van der Waals surface area (Å²) < 4.78 is 5.41. The second-order valence-electron chi connectivity index (χ2n) is 10.3. The molecule has 0 unspecified atom stereocenters. The number of nitrogens with zero attached hydrogens (tertiary/aromatic N) is 1. The quantitative estimate of drug-likeness (QED) is 0.505. The Labute approximate surface area is 196 Å². The highest BCUT2D eigenvalue weighted by molar-refractivity contribution is 5.89. The Balaban J connectivity index is 0.00000176. The van der Waals surface area contributed by atoms with E-state index in [4.69, 9.17) is 4.74 Å². The van der Waals surface area contributed by atoms with Gasteiger partial charge in [-0.3, -0.25) is 10.2 Å². The van der Waals surface area contributed by atoms with Gasteiger partial charge in [0.05, 0.1) is 11.4 Å². The summed E-state index contributed by atoms with van der Waals surface area (Å²) in [6.45, 7) is 14.4. The maximum Gasteiger partial charge on any atom is 0.412 e. The number of carbonyl (C=O) groups is 1. The summed E-state index contributed by atoms with van der Waals surface area (Å²) in [5, 5.41) is 6.58. The van der Waals surface area contributed by atoms with E-state index in [0.29, 0.717) is 11.6 Å². The highest BCUT2D eigenvalue weighted by Gasteiger charge is 2.34. The van der Waals surface area contributed by atoms with Crippen molar-refractivity contribution in [3.05, 3.63) is 24.3 Å². The number of piperidine rings is 1. The fraction of sp³-hybridized carbons (Fsp3) is 0.741. The molecule has 1 aliphatic carbocycles. The molecular weight excluding hydrogens is 398 g/mol. The smallest absolute Gasteiger partial charge is 0.412 e. The lowest BCUT2D eigenvalue weighted by molar-refractivity contribution is 0.0542. The molecule has 1 heterocycles. The zero-order chi connectivity index (χ0) is 23.6. The number of benzene rings is 1. The predicted molar refractivity (Wildman–Crippen MR) is 137 cm³/mol. The highest BCUT2D eigenvalue weighted by atomic mass is 16.6. The van der Waals surface area contributed by atoms with Crippen LogP contribution in [0.25, 0.3) is 0 Å². The molecule has 2 aliphatic rings. The first kappa shape index (κ1) is 26.5. The van der Waals surface area contributed by atoms with Gasteiger partial charge in [0.15, 0.2) is 0 Å². The van der Waals surface area contributed by atoms with Crippen LogP contribution in [-0.2, 0) is 4.74 Å². The van der Waals surface area contributed by atoms with Gasteiger partial charge in [-0.25, -0.2) is 4.79 Å². The van der Waals surface area contributed by atoms with E-state index in [1.54, 1.807) is 0 Å². The molecule has 1 aromatic carbocycles. The molecule has 1 aromatic rings. The van der Waals surface area contributed by atoms with Crippen molar-refractivity contribution in [1.29, 1.82) is 0 Å². The summed E-state index contributed by atoms with van der Waals surface area (Å²) in [5.41, 5.74) is 1.62. The number of likely N-dealkylation sites (tertiary alicyclic amines) is 1. The molecule has 182 valence electrons. The van der Waals surface area contributed by atoms with E-state index < -0.39 is 11.7 Å². The van der Waals surface area contributed by atoms with Crippen LogP contribution >= 0.6 is 0 Å². The number of para-hydroxylation sites is 2. The third-order valence-corrected chi connectivity index (χ3v) is 6.61. The SMILES string of the molecule is CC.CC(C)(C)OC(=O)Nc1ccccc1NC1CCN(C2(C)CCCCCCC2)CC1. The molecule has 32 heavy (non-hydrogen) atoms. The minimum absolute atomic E-state index is 0.377. The second kappa shape index (κ2) is 12.5. The van der Waals surface area contributed by atoms with Crippen LogP contribution in [0, 0.1) is 0 Å². The van der Waals surface area contributed by atoms with Crippen LogP contribution in [0.1, 0.15) is 99.3 Å². The number of anilines is 2. The van der Waals surface area contributed by atoms with E-state index in [1.165, 1.54) is 44.9 Å². The third kappa shape index (κ3) is 8.31. The van der Waals surface area contributed by atoms with Gasteiger partial charge in [0.1, 0.15) is 5.60 Å². The molecule has 1 saturated carbocycles. The number of nitrogens with one attached hydrogen (secondary N) is 2. The topological polar surface area (TPSA) is 53.6 Å². The molecule has 0 spiro atoms. The molecule has 1 aliphatic heterocycles. The van der Waals surface area contributed by atoms with Crippen LogP contribution in [0.5, 0.6) is 0 Å². The fourth-order valence-electron chi connectivity index (χ4n) is 4.90. The lowest BCUT2D eigenvalue weighted by Crippen LogP contribution is -2.52. The van der Waals surface area contributed by atoms with Gasteiger partial charge in [-0.15, -0.1) is 0 Å². The highest BCUT2D eigenvalue weighted by Crippen LogP contribution is 2.34. The van der Waals surface area contributed by atoms with Crippen molar-refractivity contribution < 1.29 is 9.53 Å². The summed E-state index contributed by atoms with van der Waals surface area (Å²) in [5.74, 6) is 0. The van der Waals surface area contributed by atoms with Crippen molar-refractivity contribution >= 4 is 17.5 Å². The van der Waals surface area contributed by atoms with Crippen molar-refractivity contribution in [3.8, 4) is 0 Å². The molecule has 5 heteroatoms. The number of hydrogen-bond donors (Lipinski definition) is 2. The van der Waals surface area contributed by atoms with Gasteiger partial charge in [0.25, 0.3) is 0 Å². The first-order valence-corrected chi connectivity index (χ1v) is 12.9. The van der Waals surface area contributed by atoms with Crippen LogP contribution in [0.3, 0.4) is 0 Å². The van der Waals surface area contributed by atoms with E-state index in [0.717, 1.165) is 37.3 Å². The Morgan fingerprint density at radius 3 is 2.06 bits per heavy atom. The van der Waals surface area contributed by atoms with E-state index in [-0.39, 0.29) is 0 Å². The lowest BCUT2D eigenvalue weighted by atomic mass is 9.82. The average molecular weight is 446 g/mol. The van der Waals surface area contributed by atoms with Crippen molar-refractivity contribution in [2.45, 2.75) is 117 Å². The molecule has 2 fully saturated rings. The maximum absolute atomic E-state index is 12.2. The lowest BCUT2D eigenvalue weighted by Gasteiger charge is -2.46. The van der Waals surface area contributed by atoms with Crippen LogP contribution in [-0.4, -0.2) is 41.3 Å². The summed E-state index contributed by atoms with van der Waals surface area (Å²) in [7, 11) is 0. The molecule has 0 atom stereocenters. The first-order chi connectivity index (χ1) is 15.3. The zero-order valence-electron chi connectivity index (χ0n) is 21.4. The minimum atomic E-state index is -0.508. The van der Waals surface area contributed by atoms with Crippen LogP contribution in [0.4, 0.5) is 16.2 Å². The molecule has 0 bridgehead atoms. The van der Waals surface area contributed by atoms with Gasteiger partial charge in [-0.05, 0) is 65.5 Å². The van der Waals surface area contributed by atoms with E-state index in [1.807, 2.05) is 58.9 Å².